The second-order valence-electron chi connectivity index (χ2n) is 6.06. The first-order valence-electron chi connectivity index (χ1n) is 6.74. The van der Waals surface area contributed by atoms with Gasteiger partial charge in [-0.3, -0.25) is 9.59 Å². The molecule has 1 fully saturated rings. The van der Waals surface area contributed by atoms with Crippen LogP contribution in [0.3, 0.4) is 0 Å². The van der Waals surface area contributed by atoms with Gasteiger partial charge < -0.3 is 21.5 Å². The molecular formula is C13H25N3O3. The highest BCUT2D eigenvalue weighted by Gasteiger charge is 2.37. The Labute approximate surface area is 114 Å². The molecule has 0 bridgehead atoms. The molecule has 0 aliphatic carbocycles. The van der Waals surface area contributed by atoms with Crippen molar-refractivity contribution < 1.29 is 14.7 Å². The molecule has 2 unspecified atom stereocenters. The average Bonchev–Trinajstić information content (AvgIpc) is 2.68. The minimum atomic E-state index is -0.667. The van der Waals surface area contributed by atoms with Crippen LogP contribution in [0.15, 0.2) is 0 Å². The van der Waals surface area contributed by atoms with Gasteiger partial charge >= 0.3 is 0 Å². The van der Waals surface area contributed by atoms with Gasteiger partial charge in [-0.25, -0.2) is 0 Å². The molecule has 5 N–H and O–H groups in total. The van der Waals surface area contributed by atoms with E-state index >= 15 is 0 Å². The molecule has 19 heavy (non-hydrogen) atoms. The number of nitrogens with zero attached hydrogens (tertiary/aromatic N) is 1. The zero-order valence-corrected chi connectivity index (χ0v) is 11.8. The summed E-state index contributed by atoms with van der Waals surface area (Å²) in [4.78, 5) is 24.8. The van der Waals surface area contributed by atoms with Gasteiger partial charge in [0.15, 0.2) is 0 Å². The maximum Gasteiger partial charge on any atom is 0.240 e. The summed E-state index contributed by atoms with van der Waals surface area (Å²) in [5.41, 5.74) is 10.8. The van der Waals surface area contributed by atoms with Crippen LogP contribution in [0, 0.1) is 5.41 Å². The number of carbonyl (C=O) groups excluding carboxylic acids is 2. The van der Waals surface area contributed by atoms with Gasteiger partial charge in [-0.1, -0.05) is 13.8 Å². The quantitative estimate of drug-likeness (QED) is 0.610. The molecule has 2 atom stereocenters. The van der Waals surface area contributed by atoms with E-state index in [-0.39, 0.29) is 24.3 Å². The van der Waals surface area contributed by atoms with Gasteiger partial charge in [0.2, 0.25) is 11.8 Å². The number of carbonyl (C=O) groups is 2. The molecule has 0 aromatic heterocycles. The highest BCUT2D eigenvalue weighted by Crippen LogP contribution is 2.27. The lowest BCUT2D eigenvalue weighted by molar-refractivity contribution is -0.137. The highest BCUT2D eigenvalue weighted by molar-refractivity contribution is 5.87. The first-order valence-corrected chi connectivity index (χ1v) is 6.74. The van der Waals surface area contributed by atoms with Crippen LogP contribution in [0.4, 0.5) is 0 Å². The fraction of sp³-hybridized carbons (Fsp3) is 0.846. The van der Waals surface area contributed by atoms with E-state index in [1.54, 1.807) is 0 Å². The van der Waals surface area contributed by atoms with Crippen LogP contribution in [0.25, 0.3) is 0 Å². The van der Waals surface area contributed by atoms with Gasteiger partial charge in [0.25, 0.3) is 0 Å². The summed E-state index contributed by atoms with van der Waals surface area (Å²) in [5.74, 6) is -0.670. The molecule has 1 saturated heterocycles. The van der Waals surface area contributed by atoms with Crippen molar-refractivity contribution in [1.82, 2.24) is 4.90 Å². The van der Waals surface area contributed by atoms with Crippen LogP contribution in [-0.2, 0) is 9.59 Å². The number of nitrogens with two attached hydrogens (primary N) is 2. The van der Waals surface area contributed by atoms with Gasteiger partial charge in [-0.15, -0.1) is 0 Å². The van der Waals surface area contributed by atoms with Crippen LogP contribution >= 0.6 is 0 Å². The van der Waals surface area contributed by atoms with E-state index in [2.05, 4.69) is 13.8 Å². The van der Waals surface area contributed by atoms with Crippen molar-refractivity contribution in [3.63, 3.8) is 0 Å². The number of hydrogen-bond acceptors (Lipinski definition) is 4. The van der Waals surface area contributed by atoms with Gasteiger partial charge in [-0.05, 0) is 24.8 Å². The monoisotopic (exact) mass is 271 g/mol. The minimum absolute atomic E-state index is 0.00493. The average molecular weight is 271 g/mol. The van der Waals surface area contributed by atoms with Crippen LogP contribution in [-0.4, -0.2) is 47.1 Å². The second kappa shape index (κ2) is 6.34. The van der Waals surface area contributed by atoms with Crippen molar-refractivity contribution in [3.8, 4) is 0 Å². The lowest BCUT2D eigenvalue weighted by Crippen LogP contribution is -2.44. The van der Waals surface area contributed by atoms with Crippen molar-refractivity contribution in [2.24, 2.45) is 16.9 Å². The molecule has 0 aromatic rings. The molecule has 6 nitrogen and oxygen atoms in total. The third-order valence-electron chi connectivity index (χ3n) is 3.76. The Morgan fingerprint density at radius 1 is 1.37 bits per heavy atom. The standard InChI is InChI=1S/C13H25N3O3/c1-13(2,5-6-14)4-3-11(18)16-8-9(17)7-10(16)12(15)19/h9-10,17H,3-8,14H2,1-2H3,(H2,15,19). The van der Waals surface area contributed by atoms with E-state index in [0.29, 0.717) is 19.4 Å². The van der Waals surface area contributed by atoms with Gasteiger partial charge in [0.05, 0.1) is 6.10 Å². The van der Waals surface area contributed by atoms with Crippen molar-refractivity contribution in [2.75, 3.05) is 13.1 Å². The topological polar surface area (TPSA) is 110 Å². The number of likely N-dealkylation sites (tertiary alicyclic amines) is 1. The molecule has 0 radical (unpaired) electrons. The maximum atomic E-state index is 12.1. The third-order valence-corrected chi connectivity index (χ3v) is 3.76. The molecule has 1 rings (SSSR count). The highest BCUT2D eigenvalue weighted by atomic mass is 16.3. The Morgan fingerprint density at radius 3 is 2.53 bits per heavy atom. The molecule has 2 amide bonds. The predicted molar refractivity (Wildman–Crippen MR) is 72.0 cm³/mol. The summed E-state index contributed by atoms with van der Waals surface area (Å²) < 4.78 is 0. The molecule has 1 aliphatic heterocycles. The van der Waals surface area contributed by atoms with Crippen LogP contribution in [0.2, 0.25) is 0 Å². The number of β-amino-alcohol motifs (C(OH)–C–C–N with tert-alkyl or cyclic N) is 1. The Hall–Kier alpha value is -1.14. The van der Waals surface area contributed by atoms with Gasteiger partial charge in [0.1, 0.15) is 6.04 Å². The molecule has 0 spiro atoms. The lowest BCUT2D eigenvalue weighted by atomic mass is 9.84. The van der Waals surface area contributed by atoms with Crippen molar-refractivity contribution in [3.05, 3.63) is 0 Å². The molecule has 6 heteroatoms. The molecule has 0 saturated carbocycles. The third kappa shape index (κ3) is 4.47. The SMILES string of the molecule is CC(C)(CCN)CCC(=O)N1CC(O)CC1C(N)=O. The zero-order chi connectivity index (χ0) is 14.6. The fourth-order valence-corrected chi connectivity index (χ4v) is 2.46. The smallest absolute Gasteiger partial charge is 0.240 e. The van der Waals surface area contributed by atoms with Gasteiger partial charge in [0, 0.05) is 19.4 Å². The summed E-state index contributed by atoms with van der Waals surface area (Å²) in [5, 5.41) is 9.56. The Balaban J connectivity index is 2.55. The predicted octanol–water partition coefficient (Wildman–Crippen LogP) is -0.411. The summed E-state index contributed by atoms with van der Waals surface area (Å²) in [6.07, 6.45) is 1.50. The summed E-state index contributed by atoms with van der Waals surface area (Å²) in [6.45, 7) is 4.92. The Morgan fingerprint density at radius 2 is 2.00 bits per heavy atom. The minimum Gasteiger partial charge on any atom is -0.391 e. The Bertz CT molecular complexity index is 344. The van der Waals surface area contributed by atoms with Crippen LogP contribution < -0.4 is 11.5 Å². The number of aliphatic hydroxyl groups excluding tert-OH is 1. The van der Waals surface area contributed by atoms with E-state index in [1.807, 2.05) is 0 Å². The number of rotatable bonds is 6. The van der Waals surface area contributed by atoms with Crippen molar-refractivity contribution in [1.29, 1.82) is 0 Å². The van der Waals surface area contributed by atoms with E-state index in [0.717, 1.165) is 6.42 Å². The van der Waals surface area contributed by atoms with E-state index in [1.165, 1.54) is 4.90 Å². The number of aliphatic hydroxyl groups is 1. The number of amides is 2. The fourth-order valence-electron chi connectivity index (χ4n) is 2.46. The number of hydrogen-bond donors (Lipinski definition) is 3. The van der Waals surface area contributed by atoms with Crippen molar-refractivity contribution in [2.45, 2.75) is 51.7 Å². The largest absolute Gasteiger partial charge is 0.391 e. The maximum absolute atomic E-state index is 12.1. The molecular weight excluding hydrogens is 246 g/mol. The molecule has 0 aromatic carbocycles. The van der Waals surface area contributed by atoms with Gasteiger partial charge in [-0.2, -0.15) is 0 Å². The molecule has 1 aliphatic rings. The Kier molecular flexibility index (Phi) is 5.31. The van der Waals surface area contributed by atoms with Crippen LogP contribution in [0.1, 0.15) is 39.5 Å². The van der Waals surface area contributed by atoms with E-state index in [4.69, 9.17) is 11.5 Å². The van der Waals surface area contributed by atoms with E-state index in [9.17, 15) is 14.7 Å². The summed E-state index contributed by atoms with van der Waals surface area (Å²) >= 11 is 0. The molecule has 1 heterocycles. The van der Waals surface area contributed by atoms with Crippen molar-refractivity contribution >= 4 is 11.8 Å². The first kappa shape index (κ1) is 15.9. The lowest BCUT2D eigenvalue weighted by Gasteiger charge is -2.26. The molecule has 110 valence electrons. The second-order valence-corrected chi connectivity index (χ2v) is 6.06. The zero-order valence-electron chi connectivity index (χ0n) is 11.8. The summed E-state index contributed by atoms with van der Waals surface area (Å²) in [7, 11) is 0. The first-order chi connectivity index (χ1) is 8.76. The normalized spacial score (nSPS) is 23.7. The number of primary amides is 1. The summed E-state index contributed by atoms with van der Waals surface area (Å²) in [6, 6.07) is -0.667. The van der Waals surface area contributed by atoms with Crippen LogP contribution in [0.5, 0.6) is 0 Å². The van der Waals surface area contributed by atoms with E-state index < -0.39 is 18.1 Å².